The Kier molecular flexibility index (Phi) is 3.25. The summed E-state index contributed by atoms with van der Waals surface area (Å²) < 4.78 is 1.89. The van der Waals surface area contributed by atoms with Crippen molar-refractivity contribution < 1.29 is 0 Å². The second-order valence-electron chi connectivity index (χ2n) is 3.36. The van der Waals surface area contributed by atoms with Crippen molar-refractivity contribution in [2.45, 2.75) is 6.92 Å². The maximum Gasteiger partial charge on any atom is 0.251 e. The molecular formula is C11H8Br2N2O. The molecule has 2 rings (SSSR count). The third-order valence-corrected chi connectivity index (χ3v) is 3.94. The molecule has 16 heavy (non-hydrogen) atoms. The molecule has 0 aliphatic rings. The van der Waals surface area contributed by atoms with Gasteiger partial charge in [0.05, 0.1) is 0 Å². The van der Waals surface area contributed by atoms with Crippen molar-refractivity contribution >= 4 is 31.9 Å². The van der Waals surface area contributed by atoms with Gasteiger partial charge in [0.2, 0.25) is 0 Å². The highest BCUT2D eigenvalue weighted by atomic mass is 79.9. The molecule has 0 bridgehead atoms. The van der Waals surface area contributed by atoms with E-state index in [9.17, 15) is 4.79 Å². The first-order valence-electron chi connectivity index (χ1n) is 4.59. The lowest BCUT2D eigenvalue weighted by atomic mass is 10.2. The first-order valence-corrected chi connectivity index (χ1v) is 6.18. The zero-order valence-electron chi connectivity index (χ0n) is 8.42. The van der Waals surface area contributed by atoms with Crippen molar-refractivity contribution in [3.63, 3.8) is 0 Å². The number of aromatic nitrogens is 2. The van der Waals surface area contributed by atoms with Crippen LogP contribution in [0.5, 0.6) is 0 Å². The van der Waals surface area contributed by atoms with Crippen LogP contribution in [0, 0.1) is 6.92 Å². The van der Waals surface area contributed by atoms with Gasteiger partial charge in [-0.2, -0.15) is 0 Å². The van der Waals surface area contributed by atoms with E-state index in [0.717, 1.165) is 14.5 Å². The molecule has 1 aromatic heterocycles. The molecule has 0 amide bonds. The summed E-state index contributed by atoms with van der Waals surface area (Å²) in [7, 11) is 0. The van der Waals surface area contributed by atoms with Gasteiger partial charge in [-0.15, -0.1) is 0 Å². The second kappa shape index (κ2) is 4.51. The fraction of sp³-hybridized carbons (Fsp3) is 0.0909. The van der Waals surface area contributed by atoms with Gasteiger partial charge >= 0.3 is 0 Å². The molecule has 0 aliphatic heterocycles. The van der Waals surface area contributed by atoms with E-state index in [-0.39, 0.29) is 5.56 Å². The summed E-state index contributed by atoms with van der Waals surface area (Å²) in [5.41, 5.74) is 1.44. The smallest absolute Gasteiger partial charge is 0.251 e. The van der Waals surface area contributed by atoms with Crippen LogP contribution in [0.2, 0.25) is 0 Å². The largest absolute Gasteiger partial charge is 0.307 e. The van der Waals surface area contributed by atoms with Crippen LogP contribution in [-0.4, -0.2) is 9.97 Å². The van der Waals surface area contributed by atoms with Crippen LogP contribution in [0.1, 0.15) is 5.69 Å². The summed E-state index contributed by atoms with van der Waals surface area (Å²) >= 11 is 6.81. The fourth-order valence-electron chi connectivity index (χ4n) is 1.36. The number of H-pyrrole nitrogens is 1. The van der Waals surface area contributed by atoms with Gasteiger partial charge in [-0.1, -0.05) is 6.07 Å². The van der Waals surface area contributed by atoms with E-state index in [1.807, 2.05) is 18.2 Å². The Morgan fingerprint density at radius 3 is 2.56 bits per heavy atom. The molecule has 0 saturated heterocycles. The molecule has 5 heteroatoms. The maximum absolute atomic E-state index is 11.3. The molecule has 0 fully saturated rings. The molecule has 1 N–H and O–H groups in total. The average molecular weight is 344 g/mol. The number of nitrogens with zero attached hydrogens (tertiary/aromatic N) is 1. The first-order chi connectivity index (χ1) is 7.56. The van der Waals surface area contributed by atoms with Gasteiger partial charge in [-0.25, -0.2) is 4.98 Å². The Hall–Kier alpha value is -0.940. The molecule has 1 aromatic carbocycles. The third-order valence-electron chi connectivity index (χ3n) is 2.06. The molecule has 0 spiro atoms. The van der Waals surface area contributed by atoms with Gasteiger partial charge in [-0.3, -0.25) is 4.79 Å². The minimum atomic E-state index is -0.137. The Morgan fingerprint density at radius 1 is 1.19 bits per heavy atom. The van der Waals surface area contributed by atoms with Crippen LogP contribution in [0.15, 0.2) is 38.0 Å². The predicted molar refractivity (Wildman–Crippen MR) is 70.4 cm³/mol. The zero-order valence-corrected chi connectivity index (χ0v) is 11.6. The Bertz CT molecular complexity index is 593. The Balaban J connectivity index is 2.58. The summed E-state index contributed by atoms with van der Waals surface area (Å²) in [6, 6.07) is 7.17. The zero-order chi connectivity index (χ0) is 11.7. The molecule has 3 nitrogen and oxygen atoms in total. The highest BCUT2D eigenvalue weighted by Gasteiger charge is 2.04. The van der Waals surface area contributed by atoms with Crippen LogP contribution in [0.25, 0.3) is 11.4 Å². The van der Waals surface area contributed by atoms with Crippen LogP contribution in [-0.2, 0) is 0 Å². The van der Waals surface area contributed by atoms with Crippen molar-refractivity contribution in [2.24, 2.45) is 0 Å². The minimum absolute atomic E-state index is 0.137. The van der Waals surface area contributed by atoms with E-state index >= 15 is 0 Å². The topological polar surface area (TPSA) is 45.8 Å². The lowest BCUT2D eigenvalue weighted by Crippen LogP contribution is -2.08. The summed E-state index contributed by atoms with van der Waals surface area (Å²) in [6.07, 6.45) is 0. The molecule has 0 aliphatic carbocycles. The van der Waals surface area contributed by atoms with Crippen LogP contribution in [0.3, 0.4) is 0 Å². The highest BCUT2D eigenvalue weighted by Crippen LogP contribution is 2.27. The van der Waals surface area contributed by atoms with Gasteiger partial charge in [0.1, 0.15) is 5.82 Å². The predicted octanol–water partition coefficient (Wildman–Crippen LogP) is 3.27. The van der Waals surface area contributed by atoms with Crippen molar-refractivity contribution in [2.75, 3.05) is 0 Å². The summed E-state index contributed by atoms with van der Waals surface area (Å²) in [5.74, 6) is 0.582. The maximum atomic E-state index is 11.3. The van der Waals surface area contributed by atoms with Crippen molar-refractivity contribution in [1.29, 1.82) is 0 Å². The molecule has 0 unspecified atom stereocenters. The molecular weight excluding hydrogens is 336 g/mol. The summed E-state index contributed by atoms with van der Waals surface area (Å²) in [4.78, 5) is 18.3. The van der Waals surface area contributed by atoms with Crippen LogP contribution >= 0.6 is 31.9 Å². The highest BCUT2D eigenvalue weighted by molar-refractivity contribution is 9.13. The molecule has 2 aromatic rings. The quantitative estimate of drug-likeness (QED) is 0.863. The number of benzene rings is 1. The fourth-order valence-corrected chi connectivity index (χ4v) is 1.98. The molecule has 1 heterocycles. The SMILES string of the molecule is Cc1cc(=O)[nH]c(-c2ccc(Br)c(Br)c2)n1. The lowest BCUT2D eigenvalue weighted by molar-refractivity contribution is 1.07. The third kappa shape index (κ3) is 2.41. The van der Waals surface area contributed by atoms with E-state index in [0.29, 0.717) is 11.5 Å². The second-order valence-corrected chi connectivity index (χ2v) is 5.07. The van der Waals surface area contributed by atoms with E-state index in [1.54, 1.807) is 6.92 Å². The number of rotatable bonds is 1. The van der Waals surface area contributed by atoms with E-state index in [2.05, 4.69) is 41.8 Å². The van der Waals surface area contributed by atoms with Crippen LogP contribution < -0.4 is 5.56 Å². The number of aryl methyl sites for hydroxylation is 1. The van der Waals surface area contributed by atoms with Gasteiger partial charge < -0.3 is 4.98 Å². The number of nitrogens with one attached hydrogen (secondary N) is 1. The lowest BCUT2D eigenvalue weighted by Gasteiger charge is -2.03. The molecule has 0 radical (unpaired) electrons. The molecule has 0 atom stereocenters. The van der Waals surface area contributed by atoms with E-state index in [1.165, 1.54) is 6.07 Å². The molecule has 82 valence electrons. The van der Waals surface area contributed by atoms with Crippen molar-refractivity contribution in [3.05, 3.63) is 49.3 Å². The Labute approximate surface area is 109 Å². The summed E-state index contributed by atoms with van der Waals surface area (Å²) in [5, 5.41) is 0. The summed E-state index contributed by atoms with van der Waals surface area (Å²) in [6.45, 7) is 1.80. The standard InChI is InChI=1S/C11H8Br2N2O/c1-6-4-10(16)15-11(14-6)7-2-3-8(12)9(13)5-7/h2-5H,1H3,(H,14,15,16). The number of aromatic amines is 1. The normalized spacial score (nSPS) is 10.4. The monoisotopic (exact) mass is 342 g/mol. The minimum Gasteiger partial charge on any atom is -0.307 e. The van der Waals surface area contributed by atoms with Crippen molar-refractivity contribution in [3.8, 4) is 11.4 Å². The average Bonchev–Trinajstić information content (AvgIpc) is 2.20. The number of hydrogen-bond acceptors (Lipinski definition) is 2. The van der Waals surface area contributed by atoms with E-state index in [4.69, 9.17) is 0 Å². The van der Waals surface area contributed by atoms with Gasteiger partial charge in [0, 0.05) is 26.3 Å². The van der Waals surface area contributed by atoms with Crippen LogP contribution in [0.4, 0.5) is 0 Å². The Morgan fingerprint density at radius 2 is 1.94 bits per heavy atom. The van der Waals surface area contributed by atoms with Gasteiger partial charge in [-0.05, 0) is 50.9 Å². The van der Waals surface area contributed by atoms with E-state index < -0.39 is 0 Å². The van der Waals surface area contributed by atoms with Gasteiger partial charge in [0.15, 0.2) is 0 Å². The number of halogens is 2. The van der Waals surface area contributed by atoms with Gasteiger partial charge in [0.25, 0.3) is 5.56 Å². The van der Waals surface area contributed by atoms with Crippen molar-refractivity contribution in [1.82, 2.24) is 9.97 Å². The molecule has 0 saturated carbocycles. The number of hydrogen-bond donors (Lipinski definition) is 1. The first kappa shape index (κ1) is 11.5.